The van der Waals surface area contributed by atoms with Crippen LogP contribution in [0.5, 0.6) is 11.5 Å². The van der Waals surface area contributed by atoms with Crippen molar-refractivity contribution < 1.29 is 9.47 Å². The molecule has 0 saturated heterocycles. The molecule has 0 unspecified atom stereocenters. The van der Waals surface area contributed by atoms with Crippen LogP contribution < -0.4 is 9.47 Å². The van der Waals surface area contributed by atoms with Crippen molar-refractivity contribution in [3.8, 4) is 11.5 Å². The average Bonchev–Trinajstić information content (AvgIpc) is 2.23. The van der Waals surface area contributed by atoms with Gasteiger partial charge in [0.2, 0.25) is 0 Å². The lowest BCUT2D eigenvalue weighted by atomic mass is 10.1. The fourth-order valence-corrected chi connectivity index (χ4v) is 2.04. The maximum Gasteiger partial charge on any atom is 0.120 e. The summed E-state index contributed by atoms with van der Waals surface area (Å²) in [6.07, 6.45) is 0. The van der Waals surface area contributed by atoms with Gasteiger partial charge in [-0.15, -0.1) is 0 Å². The van der Waals surface area contributed by atoms with Gasteiger partial charge in [-0.05, 0) is 76.6 Å². The SMILES string of the molecule is CC(C)(C)Oc1ccc2ccc(OC(C)(C)C)cc2c1. The van der Waals surface area contributed by atoms with E-state index in [1.54, 1.807) is 0 Å². The van der Waals surface area contributed by atoms with Crippen LogP contribution in [0.4, 0.5) is 0 Å². The quantitative estimate of drug-likeness (QED) is 0.748. The van der Waals surface area contributed by atoms with Gasteiger partial charge in [-0.2, -0.15) is 0 Å². The third-order valence-electron chi connectivity index (χ3n) is 2.63. The number of hydrogen-bond acceptors (Lipinski definition) is 2. The zero-order valence-corrected chi connectivity index (χ0v) is 13.3. The molecule has 0 N–H and O–H groups in total. The molecule has 2 rings (SSSR count). The Labute approximate surface area is 121 Å². The Bertz CT molecular complexity index is 550. The summed E-state index contributed by atoms with van der Waals surface area (Å²) < 4.78 is 11.8. The van der Waals surface area contributed by atoms with Gasteiger partial charge in [0, 0.05) is 0 Å². The van der Waals surface area contributed by atoms with Crippen LogP contribution in [0.1, 0.15) is 41.5 Å². The van der Waals surface area contributed by atoms with Gasteiger partial charge in [0.15, 0.2) is 0 Å². The van der Waals surface area contributed by atoms with Gasteiger partial charge in [-0.3, -0.25) is 0 Å². The third-order valence-corrected chi connectivity index (χ3v) is 2.63. The van der Waals surface area contributed by atoms with Gasteiger partial charge in [-0.25, -0.2) is 0 Å². The summed E-state index contributed by atoms with van der Waals surface area (Å²) in [6.45, 7) is 12.3. The summed E-state index contributed by atoms with van der Waals surface area (Å²) in [6, 6.07) is 12.3. The normalized spacial score (nSPS) is 12.5. The molecular weight excluding hydrogens is 248 g/mol. The molecule has 0 spiro atoms. The highest BCUT2D eigenvalue weighted by molar-refractivity contribution is 5.85. The van der Waals surface area contributed by atoms with Gasteiger partial charge in [0.25, 0.3) is 0 Å². The van der Waals surface area contributed by atoms with Crippen molar-refractivity contribution in [2.75, 3.05) is 0 Å². The Morgan fingerprint density at radius 2 is 1.00 bits per heavy atom. The molecule has 0 bridgehead atoms. The van der Waals surface area contributed by atoms with Crippen LogP contribution in [0.15, 0.2) is 36.4 Å². The number of ether oxygens (including phenoxy) is 2. The van der Waals surface area contributed by atoms with E-state index in [1.807, 2.05) is 12.1 Å². The van der Waals surface area contributed by atoms with E-state index in [0.29, 0.717) is 0 Å². The highest BCUT2D eigenvalue weighted by atomic mass is 16.5. The number of hydrogen-bond donors (Lipinski definition) is 0. The topological polar surface area (TPSA) is 18.5 Å². The minimum atomic E-state index is -0.187. The first-order chi connectivity index (χ1) is 9.12. The molecule has 0 radical (unpaired) electrons. The Balaban J connectivity index is 2.34. The molecule has 0 aliphatic carbocycles. The molecule has 0 atom stereocenters. The second-order valence-corrected chi connectivity index (χ2v) is 7.10. The fraction of sp³-hybridized carbons (Fsp3) is 0.444. The van der Waals surface area contributed by atoms with E-state index in [-0.39, 0.29) is 11.2 Å². The van der Waals surface area contributed by atoms with Crippen molar-refractivity contribution in [2.24, 2.45) is 0 Å². The molecule has 2 aromatic carbocycles. The predicted molar refractivity (Wildman–Crippen MR) is 84.7 cm³/mol. The number of benzene rings is 2. The molecule has 2 heteroatoms. The first-order valence-electron chi connectivity index (χ1n) is 7.04. The van der Waals surface area contributed by atoms with Gasteiger partial charge in [0.05, 0.1) is 0 Å². The number of rotatable bonds is 2. The summed E-state index contributed by atoms with van der Waals surface area (Å²) in [7, 11) is 0. The average molecular weight is 272 g/mol. The van der Waals surface area contributed by atoms with Gasteiger partial charge in [-0.1, -0.05) is 12.1 Å². The molecule has 0 aliphatic rings. The Morgan fingerprint density at radius 3 is 1.35 bits per heavy atom. The summed E-state index contributed by atoms with van der Waals surface area (Å²) >= 11 is 0. The van der Waals surface area contributed by atoms with Gasteiger partial charge < -0.3 is 9.47 Å². The minimum absolute atomic E-state index is 0.187. The predicted octanol–water partition coefficient (Wildman–Crippen LogP) is 5.19. The summed E-state index contributed by atoms with van der Waals surface area (Å²) in [5.74, 6) is 1.77. The standard InChI is InChI=1S/C18H24O2/c1-17(2,3)19-15-9-7-13-8-10-16(12-14(13)11-15)20-18(4,5)6/h7-12H,1-6H3. The molecule has 2 nitrogen and oxygen atoms in total. The molecule has 0 aromatic heterocycles. The lowest BCUT2D eigenvalue weighted by Gasteiger charge is -2.22. The lowest BCUT2D eigenvalue weighted by Crippen LogP contribution is -2.23. The van der Waals surface area contributed by atoms with E-state index in [2.05, 4.69) is 65.8 Å². The Kier molecular flexibility index (Phi) is 3.68. The molecule has 20 heavy (non-hydrogen) atoms. The van der Waals surface area contributed by atoms with Crippen LogP contribution in [0.2, 0.25) is 0 Å². The van der Waals surface area contributed by atoms with Crippen LogP contribution >= 0.6 is 0 Å². The monoisotopic (exact) mass is 272 g/mol. The molecule has 2 aromatic rings. The van der Waals surface area contributed by atoms with Crippen LogP contribution in [-0.4, -0.2) is 11.2 Å². The molecule has 108 valence electrons. The molecule has 0 aliphatic heterocycles. The van der Waals surface area contributed by atoms with Crippen molar-refractivity contribution in [1.82, 2.24) is 0 Å². The summed E-state index contributed by atoms with van der Waals surface area (Å²) in [5, 5.41) is 2.32. The first-order valence-corrected chi connectivity index (χ1v) is 7.04. The van der Waals surface area contributed by atoms with Crippen molar-refractivity contribution in [3.05, 3.63) is 36.4 Å². The molecule has 0 fully saturated rings. The van der Waals surface area contributed by atoms with E-state index in [4.69, 9.17) is 9.47 Å². The number of fused-ring (bicyclic) bond motifs is 1. The molecule has 0 amide bonds. The van der Waals surface area contributed by atoms with Gasteiger partial charge >= 0.3 is 0 Å². The Morgan fingerprint density at radius 1 is 0.600 bits per heavy atom. The first kappa shape index (κ1) is 14.7. The smallest absolute Gasteiger partial charge is 0.120 e. The van der Waals surface area contributed by atoms with Crippen LogP contribution in [0.25, 0.3) is 10.8 Å². The van der Waals surface area contributed by atoms with Crippen molar-refractivity contribution >= 4 is 10.8 Å². The van der Waals surface area contributed by atoms with Gasteiger partial charge in [0.1, 0.15) is 22.7 Å². The molecular formula is C18H24O2. The fourth-order valence-electron chi connectivity index (χ4n) is 2.04. The minimum Gasteiger partial charge on any atom is -0.488 e. The Hall–Kier alpha value is -1.70. The molecule has 0 heterocycles. The van der Waals surface area contributed by atoms with Crippen molar-refractivity contribution in [3.63, 3.8) is 0 Å². The maximum atomic E-state index is 5.91. The summed E-state index contributed by atoms with van der Waals surface area (Å²) in [5.41, 5.74) is -0.375. The van der Waals surface area contributed by atoms with Crippen LogP contribution in [0.3, 0.4) is 0 Å². The van der Waals surface area contributed by atoms with E-state index in [9.17, 15) is 0 Å². The van der Waals surface area contributed by atoms with E-state index < -0.39 is 0 Å². The van der Waals surface area contributed by atoms with E-state index >= 15 is 0 Å². The lowest BCUT2D eigenvalue weighted by molar-refractivity contribution is 0.131. The van der Waals surface area contributed by atoms with Crippen molar-refractivity contribution in [1.29, 1.82) is 0 Å². The third kappa shape index (κ3) is 4.16. The zero-order chi connectivity index (χ0) is 15.0. The molecule has 0 saturated carbocycles. The van der Waals surface area contributed by atoms with Crippen LogP contribution in [0, 0.1) is 0 Å². The highest BCUT2D eigenvalue weighted by Gasteiger charge is 2.13. The maximum absolute atomic E-state index is 5.91. The van der Waals surface area contributed by atoms with Crippen molar-refractivity contribution in [2.45, 2.75) is 52.7 Å². The van der Waals surface area contributed by atoms with Crippen LogP contribution in [-0.2, 0) is 0 Å². The van der Waals surface area contributed by atoms with E-state index in [0.717, 1.165) is 16.9 Å². The summed E-state index contributed by atoms with van der Waals surface area (Å²) in [4.78, 5) is 0. The second kappa shape index (κ2) is 5.01. The highest BCUT2D eigenvalue weighted by Crippen LogP contribution is 2.28. The largest absolute Gasteiger partial charge is 0.488 e. The second-order valence-electron chi connectivity index (χ2n) is 7.10. The zero-order valence-electron chi connectivity index (χ0n) is 13.3. The van der Waals surface area contributed by atoms with E-state index in [1.165, 1.54) is 5.39 Å².